The first kappa shape index (κ1) is 12.9. The zero-order valence-electron chi connectivity index (χ0n) is 10.9. The summed E-state index contributed by atoms with van der Waals surface area (Å²) in [6.07, 6.45) is 4.53. The summed E-state index contributed by atoms with van der Waals surface area (Å²) in [5.41, 5.74) is 6.31. The number of ether oxygens (including phenoxy) is 1. The van der Waals surface area contributed by atoms with E-state index < -0.39 is 5.97 Å². The molecular formula is C14H20N2O2. The van der Waals surface area contributed by atoms with Crippen molar-refractivity contribution in [1.29, 1.82) is 0 Å². The van der Waals surface area contributed by atoms with Crippen molar-refractivity contribution in [2.45, 2.75) is 39.2 Å². The number of nitrogens with zero attached hydrogens (tertiary/aromatic N) is 1. The van der Waals surface area contributed by atoms with Crippen molar-refractivity contribution in [1.82, 2.24) is 4.98 Å². The van der Waals surface area contributed by atoms with E-state index in [9.17, 15) is 4.79 Å². The average Bonchev–Trinajstić information content (AvgIpc) is 2.34. The molecule has 1 saturated carbocycles. The Kier molecular flexibility index (Phi) is 3.84. The lowest BCUT2D eigenvalue weighted by Crippen LogP contribution is -2.29. The van der Waals surface area contributed by atoms with Crippen LogP contribution < -0.4 is 5.73 Å². The van der Waals surface area contributed by atoms with E-state index >= 15 is 0 Å². The van der Waals surface area contributed by atoms with Gasteiger partial charge >= 0.3 is 5.97 Å². The number of nitrogen functional groups attached to an aromatic ring is 1. The molecule has 0 radical (unpaired) electrons. The van der Waals surface area contributed by atoms with Crippen molar-refractivity contribution in [2.24, 2.45) is 11.8 Å². The Balaban J connectivity index is 1.98. The fourth-order valence-electron chi connectivity index (χ4n) is 2.40. The van der Waals surface area contributed by atoms with Gasteiger partial charge in [0.15, 0.2) is 5.69 Å². The maximum absolute atomic E-state index is 12.0. The van der Waals surface area contributed by atoms with Crippen LogP contribution in [0, 0.1) is 11.8 Å². The highest BCUT2D eigenvalue weighted by Gasteiger charge is 2.28. The van der Waals surface area contributed by atoms with E-state index in [1.165, 1.54) is 0 Å². The zero-order valence-corrected chi connectivity index (χ0v) is 10.9. The lowest BCUT2D eigenvalue weighted by molar-refractivity contribution is 0.00831. The monoisotopic (exact) mass is 248 g/mol. The number of hydrogen-bond acceptors (Lipinski definition) is 4. The van der Waals surface area contributed by atoms with Gasteiger partial charge in [-0.05, 0) is 43.2 Å². The second kappa shape index (κ2) is 5.38. The molecule has 3 atom stereocenters. The summed E-state index contributed by atoms with van der Waals surface area (Å²) in [6.45, 7) is 4.46. The average molecular weight is 248 g/mol. The van der Waals surface area contributed by atoms with E-state index in [0.717, 1.165) is 19.3 Å². The predicted octanol–water partition coefficient (Wildman–Crippen LogP) is 2.65. The van der Waals surface area contributed by atoms with Gasteiger partial charge in [-0.15, -0.1) is 0 Å². The van der Waals surface area contributed by atoms with Crippen molar-refractivity contribution >= 4 is 11.7 Å². The molecule has 4 heteroatoms. The van der Waals surface area contributed by atoms with E-state index in [1.807, 2.05) is 0 Å². The normalized spacial score (nSPS) is 27.8. The molecule has 1 heterocycles. The number of anilines is 1. The van der Waals surface area contributed by atoms with Crippen LogP contribution in [0.15, 0.2) is 18.3 Å². The number of esters is 1. The molecule has 0 aromatic carbocycles. The Labute approximate surface area is 108 Å². The molecule has 98 valence electrons. The Morgan fingerprint density at radius 1 is 1.39 bits per heavy atom. The van der Waals surface area contributed by atoms with Crippen molar-refractivity contribution in [2.75, 3.05) is 5.73 Å². The first-order valence-electron chi connectivity index (χ1n) is 6.49. The molecule has 0 spiro atoms. The lowest BCUT2D eigenvalue weighted by atomic mass is 9.80. The largest absolute Gasteiger partial charge is 0.458 e. The van der Waals surface area contributed by atoms with Crippen LogP contribution in [0.25, 0.3) is 0 Å². The van der Waals surface area contributed by atoms with Crippen LogP contribution in [0.2, 0.25) is 0 Å². The minimum absolute atomic E-state index is 0.00473. The molecule has 0 aliphatic heterocycles. The van der Waals surface area contributed by atoms with E-state index in [2.05, 4.69) is 18.8 Å². The summed E-state index contributed by atoms with van der Waals surface area (Å²) >= 11 is 0. The summed E-state index contributed by atoms with van der Waals surface area (Å²) in [6, 6.07) is 3.37. The van der Waals surface area contributed by atoms with Crippen LogP contribution in [0.4, 0.5) is 5.69 Å². The van der Waals surface area contributed by atoms with Crippen LogP contribution in [0.5, 0.6) is 0 Å². The number of aromatic nitrogens is 1. The second-order valence-corrected chi connectivity index (χ2v) is 5.24. The highest BCUT2D eigenvalue weighted by atomic mass is 16.5. The van der Waals surface area contributed by atoms with Crippen molar-refractivity contribution in [3.63, 3.8) is 0 Å². The number of pyridine rings is 1. The van der Waals surface area contributed by atoms with Crippen LogP contribution in [0.1, 0.15) is 43.6 Å². The van der Waals surface area contributed by atoms with Gasteiger partial charge in [-0.3, -0.25) is 0 Å². The van der Waals surface area contributed by atoms with Gasteiger partial charge in [0.25, 0.3) is 0 Å². The Hall–Kier alpha value is -1.58. The van der Waals surface area contributed by atoms with Gasteiger partial charge in [0.2, 0.25) is 0 Å². The summed E-state index contributed by atoms with van der Waals surface area (Å²) in [4.78, 5) is 15.9. The maximum Gasteiger partial charge on any atom is 0.359 e. The van der Waals surface area contributed by atoms with Gasteiger partial charge in [-0.1, -0.05) is 13.8 Å². The van der Waals surface area contributed by atoms with Gasteiger partial charge in [0.1, 0.15) is 6.10 Å². The molecule has 2 N–H and O–H groups in total. The summed E-state index contributed by atoms with van der Waals surface area (Å²) in [7, 11) is 0. The van der Waals surface area contributed by atoms with E-state index in [-0.39, 0.29) is 11.8 Å². The van der Waals surface area contributed by atoms with E-state index in [0.29, 0.717) is 17.5 Å². The number of carbonyl (C=O) groups is 1. The van der Waals surface area contributed by atoms with Gasteiger partial charge in [-0.2, -0.15) is 0 Å². The smallest absolute Gasteiger partial charge is 0.359 e. The van der Waals surface area contributed by atoms with E-state index in [1.54, 1.807) is 18.3 Å². The third-order valence-corrected chi connectivity index (χ3v) is 3.86. The quantitative estimate of drug-likeness (QED) is 0.817. The molecule has 3 unspecified atom stereocenters. The van der Waals surface area contributed by atoms with Crippen LogP contribution in [-0.2, 0) is 4.74 Å². The summed E-state index contributed by atoms with van der Waals surface area (Å²) in [5, 5.41) is 0. The second-order valence-electron chi connectivity index (χ2n) is 5.24. The van der Waals surface area contributed by atoms with Gasteiger partial charge in [0, 0.05) is 6.20 Å². The Morgan fingerprint density at radius 2 is 2.17 bits per heavy atom. The third kappa shape index (κ3) is 2.81. The van der Waals surface area contributed by atoms with E-state index in [4.69, 9.17) is 10.5 Å². The number of nitrogens with two attached hydrogens (primary N) is 1. The van der Waals surface area contributed by atoms with Crippen LogP contribution in [0.3, 0.4) is 0 Å². The molecule has 0 saturated heterocycles. The molecule has 1 fully saturated rings. The maximum atomic E-state index is 12.0. The molecule has 1 aliphatic rings. The fraction of sp³-hybridized carbons (Fsp3) is 0.571. The first-order valence-corrected chi connectivity index (χ1v) is 6.49. The predicted molar refractivity (Wildman–Crippen MR) is 70.0 cm³/mol. The highest BCUT2D eigenvalue weighted by molar-refractivity contribution is 5.92. The standard InChI is InChI=1S/C14H20N2O2/c1-9-5-6-11(8-10(9)2)18-14(17)13-12(15)4-3-7-16-13/h3-4,7,9-11H,5-6,8,15H2,1-2H3. The lowest BCUT2D eigenvalue weighted by Gasteiger charge is -2.31. The van der Waals surface area contributed by atoms with Gasteiger partial charge in [0.05, 0.1) is 5.69 Å². The first-order chi connectivity index (χ1) is 8.58. The molecule has 1 aromatic heterocycles. The van der Waals surface area contributed by atoms with Crippen LogP contribution in [-0.4, -0.2) is 17.1 Å². The topological polar surface area (TPSA) is 65.2 Å². The highest BCUT2D eigenvalue weighted by Crippen LogP contribution is 2.31. The molecule has 1 aromatic rings. The summed E-state index contributed by atoms with van der Waals surface area (Å²) in [5.74, 6) is 0.900. The zero-order chi connectivity index (χ0) is 13.1. The molecule has 4 nitrogen and oxygen atoms in total. The molecule has 2 rings (SSSR count). The molecule has 18 heavy (non-hydrogen) atoms. The SMILES string of the molecule is CC1CCC(OC(=O)c2ncccc2N)CC1C. The van der Waals surface area contributed by atoms with Gasteiger partial charge in [-0.25, -0.2) is 9.78 Å². The number of hydrogen-bond donors (Lipinski definition) is 1. The fourth-order valence-corrected chi connectivity index (χ4v) is 2.40. The Morgan fingerprint density at radius 3 is 2.83 bits per heavy atom. The molecule has 0 bridgehead atoms. The van der Waals surface area contributed by atoms with Crippen molar-refractivity contribution < 1.29 is 9.53 Å². The van der Waals surface area contributed by atoms with Crippen molar-refractivity contribution in [3.05, 3.63) is 24.0 Å². The van der Waals surface area contributed by atoms with Crippen molar-refractivity contribution in [3.8, 4) is 0 Å². The summed E-state index contributed by atoms with van der Waals surface area (Å²) < 4.78 is 5.50. The minimum Gasteiger partial charge on any atom is -0.458 e. The Bertz CT molecular complexity index is 434. The number of carbonyl (C=O) groups excluding carboxylic acids is 1. The minimum atomic E-state index is -0.403. The molecule has 1 aliphatic carbocycles. The van der Waals surface area contributed by atoms with Crippen LogP contribution >= 0.6 is 0 Å². The third-order valence-electron chi connectivity index (χ3n) is 3.86. The van der Waals surface area contributed by atoms with Gasteiger partial charge < -0.3 is 10.5 Å². The number of rotatable bonds is 2. The molecule has 0 amide bonds. The molecular weight excluding hydrogens is 228 g/mol.